The molecule has 21 heavy (non-hydrogen) atoms. The molecule has 8 N–H and O–H groups in total. The first-order valence-electron chi connectivity index (χ1n) is 4.77. The van der Waals surface area contributed by atoms with E-state index >= 15 is 0 Å². The highest BCUT2D eigenvalue weighted by Crippen LogP contribution is 2.53. The maximum atomic E-state index is 12.5. The van der Waals surface area contributed by atoms with Crippen molar-refractivity contribution in [2.24, 2.45) is 0 Å². The minimum Gasteiger partial charge on any atom is -0.391 e. The number of aliphatic hydroxyl groups excluding tert-OH is 3. The maximum absolute atomic E-state index is 12.5. The first-order valence-corrected chi connectivity index (χ1v) is 7.84. The summed E-state index contributed by atoms with van der Waals surface area (Å²) in [7, 11) is -10.1. The number of carbonyl (C=O) groups excluding carboxylic acids is 1. The number of phosphoric acid groups is 2. The van der Waals surface area contributed by atoms with E-state index in [0.717, 1.165) is 6.92 Å². The van der Waals surface area contributed by atoms with Gasteiger partial charge in [-0.1, -0.05) is 0 Å². The number of aliphatic hydroxyl groups is 4. The topological polar surface area (TPSA) is 222 Å². The molecule has 3 unspecified atom stereocenters. The van der Waals surface area contributed by atoms with Crippen molar-refractivity contribution in [1.29, 1.82) is 0 Å². The van der Waals surface area contributed by atoms with E-state index in [9.17, 15) is 18.3 Å². The number of aldehydes is 1. The van der Waals surface area contributed by atoms with Gasteiger partial charge in [0.05, 0.1) is 6.10 Å². The highest BCUT2D eigenvalue weighted by molar-refractivity contribution is 7.60. The number of halogens is 1. The van der Waals surface area contributed by atoms with Crippen LogP contribution < -0.4 is 0 Å². The molecule has 0 saturated carbocycles. The molecule has 15 heteroatoms. The second-order valence-corrected chi connectivity index (χ2v) is 6.20. The molecule has 0 aliphatic heterocycles. The van der Waals surface area contributed by atoms with Crippen LogP contribution in [0.5, 0.6) is 0 Å². The molecular weight excluding hydrogens is 345 g/mol. The van der Waals surface area contributed by atoms with Crippen molar-refractivity contribution >= 4 is 21.9 Å². The van der Waals surface area contributed by atoms with E-state index in [2.05, 4.69) is 4.31 Å². The van der Waals surface area contributed by atoms with Gasteiger partial charge in [-0.15, -0.1) is 0 Å². The number of carbonyl (C=O) groups is 1. The third kappa shape index (κ3) is 12.0. The summed E-state index contributed by atoms with van der Waals surface area (Å²) in [5.74, 6) is -3.53. The fraction of sp³-hybridized carbons (Fsp3) is 0.833. The molecular formula is C6H15FO12P2. The van der Waals surface area contributed by atoms with Crippen LogP contribution in [0, 0.1) is 0 Å². The van der Waals surface area contributed by atoms with Gasteiger partial charge in [0.2, 0.25) is 0 Å². The van der Waals surface area contributed by atoms with Gasteiger partial charge in [-0.05, 0) is 6.92 Å². The van der Waals surface area contributed by atoms with Crippen LogP contribution in [0.25, 0.3) is 0 Å². The molecule has 0 spiro atoms. The zero-order valence-corrected chi connectivity index (χ0v) is 12.1. The molecule has 0 aromatic rings. The van der Waals surface area contributed by atoms with Gasteiger partial charge in [-0.2, -0.15) is 4.31 Å². The Labute approximate surface area is 116 Å². The fourth-order valence-electron chi connectivity index (χ4n) is 0.712. The van der Waals surface area contributed by atoms with Crippen molar-refractivity contribution in [3.63, 3.8) is 0 Å². The quantitative estimate of drug-likeness (QED) is 0.177. The molecule has 0 rings (SSSR count). The molecule has 0 saturated heterocycles. The summed E-state index contributed by atoms with van der Waals surface area (Å²) in [4.78, 5) is 40.8. The molecule has 128 valence electrons. The van der Waals surface area contributed by atoms with Gasteiger partial charge in [-0.25, -0.2) is 13.5 Å². The molecule has 12 nitrogen and oxygen atoms in total. The van der Waals surface area contributed by atoms with Crippen molar-refractivity contribution in [3.8, 4) is 0 Å². The van der Waals surface area contributed by atoms with Crippen LogP contribution >= 0.6 is 15.6 Å². The SMILES string of the molecule is CC(O)C(O)C(O)[C@@](O)(F)C=O.O=P(O)(O)OP(=O)(O)O. The molecule has 0 aliphatic rings. The van der Waals surface area contributed by atoms with Crippen LogP contribution in [0.1, 0.15) is 6.92 Å². The lowest BCUT2D eigenvalue weighted by Gasteiger charge is -2.25. The van der Waals surface area contributed by atoms with Crippen molar-refractivity contribution < 1.29 is 62.6 Å². The molecule has 4 atom stereocenters. The third-order valence-corrected chi connectivity index (χ3v) is 3.31. The largest absolute Gasteiger partial charge is 0.478 e. The Bertz CT molecular complexity index is 392. The minimum atomic E-state index is -5.05. The zero-order chi connectivity index (χ0) is 17.6. The van der Waals surface area contributed by atoms with E-state index in [-0.39, 0.29) is 0 Å². The lowest BCUT2D eigenvalue weighted by atomic mass is 10.0. The van der Waals surface area contributed by atoms with Crippen LogP contribution in [-0.4, -0.2) is 70.5 Å². The zero-order valence-electron chi connectivity index (χ0n) is 10.3. The van der Waals surface area contributed by atoms with Gasteiger partial charge in [0.15, 0.2) is 6.29 Å². The van der Waals surface area contributed by atoms with Crippen molar-refractivity contribution in [2.45, 2.75) is 31.1 Å². The molecule has 0 aromatic carbocycles. The van der Waals surface area contributed by atoms with Crippen LogP contribution in [0.3, 0.4) is 0 Å². The number of alkyl halides is 1. The third-order valence-electron chi connectivity index (χ3n) is 1.61. The first-order chi connectivity index (χ1) is 9.03. The van der Waals surface area contributed by atoms with Crippen molar-refractivity contribution in [2.75, 3.05) is 0 Å². The highest BCUT2D eigenvalue weighted by Gasteiger charge is 2.41. The molecule has 0 amide bonds. The Hall–Kier alpha value is -0.300. The van der Waals surface area contributed by atoms with Crippen LogP contribution in [-0.2, 0) is 18.2 Å². The molecule has 0 fully saturated rings. The summed E-state index contributed by atoms with van der Waals surface area (Å²) in [5.41, 5.74) is 0. The Balaban J connectivity index is 0. The summed E-state index contributed by atoms with van der Waals surface area (Å²) in [6.07, 6.45) is -6.26. The van der Waals surface area contributed by atoms with E-state index in [1.54, 1.807) is 0 Å². The maximum Gasteiger partial charge on any atom is 0.478 e. The number of hydrogen-bond donors (Lipinski definition) is 8. The predicted molar refractivity (Wildman–Crippen MR) is 61.0 cm³/mol. The second-order valence-electron chi connectivity index (χ2n) is 3.58. The van der Waals surface area contributed by atoms with E-state index in [4.69, 9.17) is 40.0 Å². The van der Waals surface area contributed by atoms with E-state index in [1.807, 2.05) is 0 Å². The molecule has 0 aromatic heterocycles. The van der Waals surface area contributed by atoms with Gasteiger partial charge in [0.1, 0.15) is 12.2 Å². The summed E-state index contributed by atoms with van der Waals surface area (Å²) in [6.45, 7) is 1.08. The van der Waals surface area contributed by atoms with Gasteiger partial charge < -0.3 is 40.0 Å². The Morgan fingerprint density at radius 1 is 1.10 bits per heavy atom. The first kappa shape index (κ1) is 23.0. The van der Waals surface area contributed by atoms with Crippen LogP contribution in [0.4, 0.5) is 4.39 Å². The predicted octanol–water partition coefficient (Wildman–Crippen LogP) is -2.87. The van der Waals surface area contributed by atoms with E-state index in [1.165, 1.54) is 0 Å². The number of hydrogen-bond acceptors (Lipinski definition) is 8. The number of rotatable bonds is 6. The van der Waals surface area contributed by atoms with Gasteiger partial charge in [-0.3, -0.25) is 4.79 Å². The molecule has 0 bridgehead atoms. The Kier molecular flexibility index (Phi) is 9.15. The lowest BCUT2D eigenvalue weighted by molar-refractivity contribution is -0.201. The summed E-state index contributed by atoms with van der Waals surface area (Å²) in [5, 5.41) is 34.7. The monoisotopic (exact) mass is 360 g/mol. The Morgan fingerprint density at radius 3 is 1.57 bits per heavy atom. The average molecular weight is 360 g/mol. The second kappa shape index (κ2) is 8.36. The van der Waals surface area contributed by atoms with Crippen molar-refractivity contribution in [3.05, 3.63) is 0 Å². The smallest absolute Gasteiger partial charge is 0.391 e. The highest BCUT2D eigenvalue weighted by atomic mass is 31.3. The molecule has 0 aliphatic carbocycles. The summed E-state index contributed by atoms with van der Waals surface area (Å²) >= 11 is 0. The van der Waals surface area contributed by atoms with Crippen molar-refractivity contribution in [1.82, 2.24) is 0 Å². The average Bonchev–Trinajstić information content (AvgIpc) is 2.22. The lowest BCUT2D eigenvalue weighted by Crippen LogP contribution is -2.50. The molecule has 0 heterocycles. The normalized spacial score (nSPS) is 19.5. The standard InChI is InChI=1S/C6H11FO5.H4O7P2/c1-3(9)4(10)5(11)6(7,12)2-8;1-8(2,3)7-9(4,5)6/h2-5,9-12H,1H3;(H2,1,2,3)(H2,4,5,6)/t3?,4?,5?,6-;/m1./s1. The minimum absolute atomic E-state index is 0.552. The Morgan fingerprint density at radius 2 is 1.43 bits per heavy atom. The fourth-order valence-corrected chi connectivity index (χ4v) is 1.82. The van der Waals surface area contributed by atoms with E-state index < -0.39 is 46.1 Å². The van der Waals surface area contributed by atoms with Gasteiger partial charge in [0.25, 0.3) is 5.85 Å². The van der Waals surface area contributed by atoms with Gasteiger partial charge >= 0.3 is 15.6 Å². The van der Waals surface area contributed by atoms with Gasteiger partial charge in [0, 0.05) is 0 Å². The molecule has 0 radical (unpaired) electrons. The summed E-state index contributed by atoms with van der Waals surface area (Å²) < 4.78 is 34.7. The summed E-state index contributed by atoms with van der Waals surface area (Å²) in [6, 6.07) is 0. The van der Waals surface area contributed by atoms with Crippen LogP contribution in [0.15, 0.2) is 0 Å². The van der Waals surface area contributed by atoms with E-state index in [0.29, 0.717) is 0 Å². The van der Waals surface area contributed by atoms with Crippen LogP contribution in [0.2, 0.25) is 0 Å².